The largest absolute Gasteiger partial charge is 0.497 e. The molecule has 180 valence electrons. The summed E-state index contributed by atoms with van der Waals surface area (Å²) in [6, 6.07) is 21.8. The summed E-state index contributed by atoms with van der Waals surface area (Å²) in [4.78, 5) is 29.2. The number of rotatable bonds is 6. The number of nitro groups is 1. The Morgan fingerprint density at radius 1 is 1.08 bits per heavy atom. The minimum Gasteiger partial charge on any atom is -0.497 e. The van der Waals surface area contributed by atoms with E-state index in [1.807, 2.05) is 42.5 Å². The van der Waals surface area contributed by atoms with E-state index in [1.165, 1.54) is 12.1 Å². The SMILES string of the molecule is COc1ccc(-c2nc3n(n2)C(c2cccc([N+](=O)[O-])c2)C(C(=O)Nc2ccccc2)=C(C)N3)cc1. The minimum absolute atomic E-state index is 0.0800. The van der Waals surface area contributed by atoms with Crippen LogP contribution in [0.4, 0.5) is 17.3 Å². The number of ether oxygens (including phenoxy) is 1. The summed E-state index contributed by atoms with van der Waals surface area (Å²) >= 11 is 0. The van der Waals surface area contributed by atoms with Gasteiger partial charge < -0.3 is 15.4 Å². The van der Waals surface area contributed by atoms with Gasteiger partial charge in [0.1, 0.15) is 11.8 Å². The van der Waals surface area contributed by atoms with E-state index in [0.29, 0.717) is 40.0 Å². The Bertz CT molecular complexity index is 1480. The Hall–Kier alpha value is -4.99. The van der Waals surface area contributed by atoms with E-state index in [-0.39, 0.29) is 11.6 Å². The van der Waals surface area contributed by atoms with Gasteiger partial charge in [0, 0.05) is 29.1 Å². The van der Waals surface area contributed by atoms with Crippen LogP contribution in [0.3, 0.4) is 0 Å². The molecule has 0 saturated heterocycles. The molecule has 0 bridgehead atoms. The molecule has 10 nitrogen and oxygen atoms in total. The molecule has 0 spiro atoms. The highest BCUT2D eigenvalue weighted by Gasteiger charge is 2.35. The monoisotopic (exact) mass is 482 g/mol. The molecular weight excluding hydrogens is 460 g/mol. The third-order valence-electron chi connectivity index (χ3n) is 5.87. The Labute approximate surface area is 206 Å². The smallest absolute Gasteiger partial charge is 0.269 e. The average molecular weight is 483 g/mol. The molecule has 2 heterocycles. The van der Waals surface area contributed by atoms with Gasteiger partial charge in [0.25, 0.3) is 11.6 Å². The highest BCUT2D eigenvalue weighted by atomic mass is 16.6. The van der Waals surface area contributed by atoms with E-state index in [9.17, 15) is 14.9 Å². The highest BCUT2D eigenvalue weighted by molar-refractivity contribution is 6.06. The molecule has 0 saturated carbocycles. The summed E-state index contributed by atoms with van der Waals surface area (Å²) in [5.74, 6) is 1.21. The number of nitrogens with one attached hydrogen (secondary N) is 2. The Morgan fingerprint density at radius 2 is 1.83 bits per heavy atom. The zero-order valence-corrected chi connectivity index (χ0v) is 19.5. The van der Waals surface area contributed by atoms with Crippen LogP contribution in [0.25, 0.3) is 11.4 Å². The molecule has 1 aromatic heterocycles. The second-order valence-electron chi connectivity index (χ2n) is 8.17. The number of amides is 1. The molecule has 0 fully saturated rings. The number of para-hydroxylation sites is 1. The molecule has 0 radical (unpaired) electrons. The lowest BCUT2D eigenvalue weighted by Crippen LogP contribution is -2.31. The molecule has 0 aliphatic carbocycles. The van der Waals surface area contributed by atoms with Crippen molar-refractivity contribution in [2.24, 2.45) is 0 Å². The normalized spacial score (nSPS) is 14.6. The number of hydrogen-bond acceptors (Lipinski definition) is 7. The van der Waals surface area contributed by atoms with Gasteiger partial charge in [0.2, 0.25) is 5.95 Å². The number of hydrogen-bond donors (Lipinski definition) is 2. The molecule has 1 aliphatic rings. The van der Waals surface area contributed by atoms with Crippen molar-refractivity contribution in [3.8, 4) is 17.1 Å². The van der Waals surface area contributed by atoms with Gasteiger partial charge in [-0.05, 0) is 48.9 Å². The second kappa shape index (κ2) is 9.34. The molecule has 36 heavy (non-hydrogen) atoms. The number of anilines is 2. The number of carbonyl (C=O) groups is 1. The standard InChI is InChI=1S/C26H22N6O4/c1-16-22(25(33)28-19-8-4-3-5-9-19)23(18-7-6-10-20(15-18)32(34)35)31-26(27-16)29-24(30-31)17-11-13-21(36-2)14-12-17/h3-15,23H,1-2H3,(H,28,33)(H,27,29,30). The molecule has 1 aliphatic heterocycles. The van der Waals surface area contributed by atoms with Gasteiger partial charge in [-0.2, -0.15) is 4.98 Å². The van der Waals surface area contributed by atoms with E-state index in [1.54, 1.807) is 43.0 Å². The van der Waals surface area contributed by atoms with E-state index in [0.717, 1.165) is 5.56 Å². The van der Waals surface area contributed by atoms with Crippen molar-refractivity contribution in [1.29, 1.82) is 0 Å². The van der Waals surface area contributed by atoms with Gasteiger partial charge in [0.05, 0.1) is 17.6 Å². The first-order chi connectivity index (χ1) is 17.4. The molecule has 3 aromatic carbocycles. The van der Waals surface area contributed by atoms with Crippen molar-refractivity contribution in [2.75, 3.05) is 17.7 Å². The lowest BCUT2D eigenvalue weighted by molar-refractivity contribution is -0.384. The van der Waals surface area contributed by atoms with E-state index in [4.69, 9.17) is 9.84 Å². The van der Waals surface area contributed by atoms with Gasteiger partial charge in [-0.15, -0.1) is 5.10 Å². The minimum atomic E-state index is -0.746. The van der Waals surface area contributed by atoms with Crippen LogP contribution >= 0.6 is 0 Å². The summed E-state index contributed by atoms with van der Waals surface area (Å²) in [5.41, 5.74) is 2.78. The van der Waals surface area contributed by atoms with Crippen LogP contribution in [0.1, 0.15) is 18.5 Å². The van der Waals surface area contributed by atoms with Crippen LogP contribution in [0.15, 0.2) is 90.1 Å². The number of nitrogens with zero attached hydrogens (tertiary/aromatic N) is 4. The van der Waals surface area contributed by atoms with Gasteiger partial charge in [0.15, 0.2) is 5.82 Å². The number of carbonyl (C=O) groups excluding carboxylic acids is 1. The fraction of sp³-hybridized carbons (Fsp3) is 0.115. The average Bonchev–Trinajstić information content (AvgIpc) is 3.32. The lowest BCUT2D eigenvalue weighted by atomic mass is 9.94. The van der Waals surface area contributed by atoms with Crippen LogP contribution in [0.2, 0.25) is 0 Å². The highest BCUT2D eigenvalue weighted by Crippen LogP contribution is 2.38. The maximum absolute atomic E-state index is 13.5. The molecule has 5 rings (SSSR count). The van der Waals surface area contributed by atoms with Crippen molar-refractivity contribution < 1.29 is 14.5 Å². The quantitative estimate of drug-likeness (QED) is 0.299. The third kappa shape index (κ3) is 4.27. The topological polar surface area (TPSA) is 124 Å². The van der Waals surface area contributed by atoms with E-state index in [2.05, 4.69) is 15.6 Å². The van der Waals surface area contributed by atoms with Crippen LogP contribution < -0.4 is 15.4 Å². The first-order valence-electron chi connectivity index (χ1n) is 11.1. The summed E-state index contributed by atoms with van der Waals surface area (Å²) in [6.07, 6.45) is 0. The Morgan fingerprint density at radius 3 is 2.53 bits per heavy atom. The molecule has 1 unspecified atom stereocenters. The maximum Gasteiger partial charge on any atom is 0.269 e. The van der Waals surface area contributed by atoms with E-state index >= 15 is 0 Å². The first kappa shape index (κ1) is 22.8. The van der Waals surface area contributed by atoms with Crippen molar-refractivity contribution in [2.45, 2.75) is 13.0 Å². The van der Waals surface area contributed by atoms with Crippen molar-refractivity contribution in [3.63, 3.8) is 0 Å². The number of allylic oxidation sites excluding steroid dienone is 1. The summed E-state index contributed by atoms with van der Waals surface area (Å²) in [6.45, 7) is 1.77. The number of methoxy groups -OCH3 is 1. The van der Waals surface area contributed by atoms with Gasteiger partial charge in [-0.25, -0.2) is 4.68 Å². The van der Waals surface area contributed by atoms with Crippen LogP contribution in [-0.2, 0) is 4.79 Å². The number of aromatic nitrogens is 3. The van der Waals surface area contributed by atoms with Crippen molar-refractivity contribution in [1.82, 2.24) is 14.8 Å². The zero-order valence-electron chi connectivity index (χ0n) is 19.5. The zero-order chi connectivity index (χ0) is 25.2. The van der Waals surface area contributed by atoms with Gasteiger partial charge in [-0.3, -0.25) is 14.9 Å². The lowest BCUT2D eigenvalue weighted by Gasteiger charge is -2.28. The summed E-state index contributed by atoms with van der Waals surface area (Å²) < 4.78 is 6.82. The molecule has 1 atom stereocenters. The second-order valence-corrected chi connectivity index (χ2v) is 8.17. The van der Waals surface area contributed by atoms with Gasteiger partial charge in [-0.1, -0.05) is 30.3 Å². The fourth-order valence-electron chi connectivity index (χ4n) is 4.14. The molecule has 2 N–H and O–H groups in total. The molecule has 10 heteroatoms. The fourth-order valence-corrected chi connectivity index (χ4v) is 4.14. The molecule has 1 amide bonds. The Kier molecular flexibility index (Phi) is 5.91. The van der Waals surface area contributed by atoms with Crippen molar-refractivity contribution >= 4 is 23.2 Å². The molecule has 4 aromatic rings. The van der Waals surface area contributed by atoms with Crippen LogP contribution in [0.5, 0.6) is 5.75 Å². The number of nitro benzene ring substituents is 1. The Balaban J connectivity index is 1.61. The third-order valence-corrected chi connectivity index (χ3v) is 5.87. The summed E-state index contributed by atoms with van der Waals surface area (Å²) in [5, 5.41) is 22.3. The summed E-state index contributed by atoms with van der Waals surface area (Å²) in [7, 11) is 1.59. The predicted molar refractivity (Wildman–Crippen MR) is 135 cm³/mol. The predicted octanol–water partition coefficient (Wildman–Crippen LogP) is 4.79. The van der Waals surface area contributed by atoms with Crippen LogP contribution in [-0.4, -0.2) is 32.7 Å². The van der Waals surface area contributed by atoms with Crippen molar-refractivity contribution in [3.05, 3.63) is 106 Å². The maximum atomic E-state index is 13.5. The molecular formula is C26H22N6O4. The first-order valence-corrected chi connectivity index (χ1v) is 11.1. The number of non-ortho nitro benzene ring substituents is 1. The number of benzene rings is 3. The van der Waals surface area contributed by atoms with Gasteiger partial charge >= 0.3 is 0 Å². The van der Waals surface area contributed by atoms with E-state index < -0.39 is 11.0 Å². The number of fused-ring (bicyclic) bond motifs is 1. The van der Waals surface area contributed by atoms with Crippen LogP contribution in [0, 0.1) is 10.1 Å².